The summed E-state index contributed by atoms with van der Waals surface area (Å²) in [4.78, 5) is 13.6. The third kappa shape index (κ3) is 4.29. The highest BCUT2D eigenvalue weighted by molar-refractivity contribution is 6.32. The number of phenols is 1. The maximum absolute atomic E-state index is 14.5. The summed E-state index contributed by atoms with van der Waals surface area (Å²) in [6, 6.07) is 7.96. The molecule has 0 heterocycles. The van der Waals surface area contributed by atoms with E-state index in [1.54, 1.807) is 13.0 Å². The van der Waals surface area contributed by atoms with Crippen LogP contribution in [0.2, 0.25) is 5.02 Å². The Morgan fingerprint density at radius 2 is 1.93 bits per heavy atom. The molecule has 0 bridgehead atoms. The zero-order valence-corrected chi connectivity index (χ0v) is 16.1. The first kappa shape index (κ1) is 21.7. The molecule has 0 radical (unpaired) electrons. The molecule has 0 aliphatic heterocycles. The minimum atomic E-state index is -1.35. The first-order valence-corrected chi connectivity index (χ1v) is 8.45. The number of aromatic hydroxyl groups is 1. The van der Waals surface area contributed by atoms with Crippen LogP contribution in [0.4, 0.5) is 8.78 Å². The topological polar surface area (TPSA) is 108 Å². The number of phenolic OH excluding ortho intramolecular Hbond substituents is 1. The van der Waals surface area contributed by atoms with Crippen molar-refractivity contribution in [1.29, 1.82) is 10.5 Å². The van der Waals surface area contributed by atoms with E-state index in [1.165, 1.54) is 31.3 Å². The number of nitrogens with zero attached hydrogens (tertiary/aromatic N) is 3. The van der Waals surface area contributed by atoms with Gasteiger partial charge >= 0.3 is 0 Å². The quantitative estimate of drug-likeness (QED) is 0.444. The number of halogens is 3. The van der Waals surface area contributed by atoms with Crippen LogP contribution in [0.3, 0.4) is 0 Å². The van der Waals surface area contributed by atoms with E-state index in [1.807, 2.05) is 0 Å². The highest BCUT2D eigenvalue weighted by Crippen LogP contribution is 2.34. The molecular weight excluding hydrogens is 404 g/mol. The van der Waals surface area contributed by atoms with Gasteiger partial charge in [0.15, 0.2) is 17.1 Å². The number of aliphatic hydroxyl groups excluding tert-OH is 1. The minimum absolute atomic E-state index is 0.184. The Labute approximate surface area is 170 Å². The van der Waals surface area contributed by atoms with Crippen molar-refractivity contribution in [3.63, 3.8) is 0 Å². The number of carbonyl (C=O) groups is 1. The average molecular weight is 418 g/mol. The lowest BCUT2D eigenvalue weighted by Gasteiger charge is -2.18. The van der Waals surface area contributed by atoms with Crippen LogP contribution < -0.4 is 0 Å². The molecule has 148 valence electrons. The molecule has 0 aliphatic rings. The molecule has 6 nitrogen and oxygen atoms in total. The van der Waals surface area contributed by atoms with Gasteiger partial charge in [0.2, 0.25) is 0 Å². The van der Waals surface area contributed by atoms with E-state index in [0.29, 0.717) is 0 Å². The summed E-state index contributed by atoms with van der Waals surface area (Å²) < 4.78 is 28.4. The van der Waals surface area contributed by atoms with Gasteiger partial charge in [-0.3, -0.25) is 4.79 Å². The molecule has 1 amide bonds. The van der Waals surface area contributed by atoms with E-state index in [4.69, 9.17) is 16.9 Å². The summed E-state index contributed by atoms with van der Waals surface area (Å²) in [7, 11) is 1.27. The number of amides is 1. The van der Waals surface area contributed by atoms with Crippen LogP contribution in [0.15, 0.2) is 29.8 Å². The Balaban J connectivity index is 2.49. The predicted octanol–water partition coefficient (Wildman–Crippen LogP) is 3.96. The van der Waals surface area contributed by atoms with Crippen molar-refractivity contribution < 1.29 is 23.8 Å². The van der Waals surface area contributed by atoms with Crippen LogP contribution in [0, 0.1) is 41.2 Å². The van der Waals surface area contributed by atoms with E-state index in [9.17, 15) is 29.1 Å². The fourth-order valence-corrected chi connectivity index (χ4v) is 2.77. The van der Waals surface area contributed by atoms with Crippen LogP contribution in [0.25, 0.3) is 5.76 Å². The maximum atomic E-state index is 14.5. The number of carbonyl (C=O) groups excluding carboxylic acids is 1. The van der Waals surface area contributed by atoms with E-state index in [2.05, 4.69) is 0 Å². The van der Waals surface area contributed by atoms with Crippen molar-refractivity contribution in [2.75, 3.05) is 7.05 Å². The summed E-state index contributed by atoms with van der Waals surface area (Å²) in [5, 5.41) is 37.8. The monoisotopic (exact) mass is 417 g/mol. The number of rotatable bonds is 4. The van der Waals surface area contributed by atoms with Gasteiger partial charge in [-0.1, -0.05) is 29.3 Å². The summed E-state index contributed by atoms with van der Waals surface area (Å²) >= 11 is 5.72. The molecule has 0 aromatic heterocycles. The Bertz CT molecular complexity index is 1120. The number of likely N-dealkylation sites (N-methyl/N-ethyl adjacent to an activating group) is 1. The SMILES string of the molecule is Cc1ccc(F)c(CN(C)C(=O)/C(C#N)=C(\O)c2cc(Cl)c(O)c(C#N)c2F)c1. The first-order chi connectivity index (χ1) is 13.6. The van der Waals surface area contributed by atoms with Crippen molar-refractivity contribution in [2.45, 2.75) is 13.5 Å². The van der Waals surface area contributed by atoms with Crippen molar-refractivity contribution in [3.8, 4) is 17.9 Å². The lowest BCUT2D eigenvalue weighted by atomic mass is 10.0. The number of benzene rings is 2. The Hall–Kier alpha value is -3.62. The molecule has 29 heavy (non-hydrogen) atoms. The molecule has 2 aromatic carbocycles. The van der Waals surface area contributed by atoms with Gasteiger partial charge < -0.3 is 15.1 Å². The van der Waals surface area contributed by atoms with Gasteiger partial charge in [0.1, 0.15) is 29.3 Å². The van der Waals surface area contributed by atoms with E-state index in [-0.39, 0.29) is 12.1 Å². The zero-order chi connectivity index (χ0) is 21.9. The van der Waals surface area contributed by atoms with Gasteiger partial charge in [0, 0.05) is 19.2 Å². The second kappa shape index (κ2) is 8.59. The minimum Gasteiger partial charge on any atom is -0.506 e. The van der Waals surface area contributed by atoms with Gasteiger partial charge in [-0.15, -0.1) is 0 Å². The van der Waals surface area contributed by atoms with Gasteiger partial charge in [-0.25, -0.2) is 8.78 Å². The fraction of sp³-hybridized carbons (Fsp3) is 0.150. The van der Waals surface area contributed by atoms with Gasteiger partial charge in [0.05, 0.1) is 10.6 Å². The molecular formula is C20H14ClF2N3O3. The van der Waals surface area contributed by atoms with Gasteiger partial charge in [0.25, 0.3) is 5.91 Å². The Morgan fingerprint density at radius 3 is 2.52 bits per heavy atom. The number of aryl methyl sites for hydroxylation is 1. The second-order valence-electron chi connectivity index (χ2n) is 6.15. The van der Waals surface area contributed by atoms with Crippen LogP contribution in [0.5, 0.6) is 5.75 Å². The third-order valence-corrected chi connectivity index (χ3v) is 4.36. The molecule has 0 atom stereocenters. The molecule has 0 fully saturated rings. The number of aliphatic hydroxyl groups is 1. The van der Waals surface area contributed by atoms with Crippen LogP contribution in [-0.4, -0.2) is 28.1 Å². The van der Waals surface area contributed by atoms with Crippen molar-refractivity contribution in [3.05, 3.63) is 68.7 Å². The van der Waals surface area contributed by atoms with Crippen LogP contribution in [-0.2, 0) is 11.3 Å². The molecule has 0 spiro atoms. The smallest absolute Gasteiger partial charge is 0.268 e. The van der Waals surface area contributed by atoms with Crippen molar-refractivity contribution in [2.24, 2.45) is 0 Å². The molecule has 2 rings (SSSR count). The largest absolute Gasteiger partial charge is 0.506 e. The zero-order valence-electron chi connectivity index (χ0n) is 15.3. The molecule has 9 heteroatoms. The highest BCUT2D eigenvalue weighted by atomic mass is 35.5. The molecule has 0 unspecified atom stereocenters. The van der Waals surface area contributed by atoms with Gasteiger partial charge in [-0.05, 0) is 19.1 Å². The Kier molecular flexibility index (Phi) is 6.42. The third-order valence-electron chi connectivity index (χ3n) is 4.07. The van der Waals surface area contributed by atoms with Crippen LogP contribution in [0.1, 0.15) is 22.3 Å². The van der Waals surface area contributed by atoms with Gasteiger partial charge in [-0.2, -0.15) is 10.5 Å². The van der Waals surface area contributed by atoms with E-state index < -0.39 is 50.8 Å². The molecule has 0 saturated carbocycles. The number of hydrogen-bond acceptors (Lipinski definition) is 5. The molecule has 0 aliphatic carbocycles. The van der Waals surface area contributed by atoms with Crippen LogP contribution >= 0.6 is 11.6 Å². The summed E-state index contributed by atoms with van der Waals surface area (Å²) in [5.41, 5.74) is -1.46. The summed E-state index contributed by atoms with van der Waals surface area (Å²) in [5.74, 6) is -4.81. The first-order valence-electron chi connectivity index (χ1n) is 8.07. The maximum Gasteiger partial charge on any atom is 0.268 e. The number of nitriles is 2. The molecule has 2 N–H and O–H groups in total. The molecule has 0 saturated heterocycles. The standard InChI is InChI=1S/C20H14ClF2N3O3/c1-10-3-4-16(22)11(5-10)9-26(2)20(29)14(8-25)18(27)12-6-15(21)19(28)13(7-24)17(12)23/h3-6,27-28H,9H2,1-2H3/b18-14-. The second-order valence-corrected chi connectivity index (χ2v) is 6.55. The van der Waals surface area contributed by atoms with Crippen molar-refractivity contribution >= 4 is 23.3 Å². The summed E-state index contributed by atoms with van der Waals surface area (Å²) in [6.07, 6.45) is 0. The average Bonchev–Trinajstić information content (AvgIpc) is 2.68. The summed E-state index contributed by atoms with van der Waals surface area (Å²) in [6.45, 7) is 1.52. The normalized spacial score (nSPS) is 11.3. The van der Waals surface area contributed by atoms with E-state index in [0.717, 1.165) is 16.5 Å². The van der Waals surface area contributed by atoms with Crippen molar-refractivity contribution in [1.82, 2.24) is 4.90 Å². The number of hydrogen-bond donors (Lipinski definition) is 2. The Morgan fingerprint density at radius 1 is 1.28 bits per heavy atom. The molecule has 2 aromatic rings. The fourth-order valence-electron chi connectivity index (χ4n) is 2.57. The predicted molar refractivity (Wildman–Crippen MR) is 101 cm³/mol. The highest BCUT2D eigenvalue weighted by Gasteiger charge is 2.26. The lowest BCUT2D eigenvalue weighted by molar-refractivity contribution is -0.126. The lowest BCUT2D eigenvalue weighted by Crippen LogP contribution is -2.28. The van der Waals surface area contributed by atoms with E-state index >= 15 is 0 Å².